The van der Waals surface area contributed by atoms with E-state index in [0.29, 0.717) is 25.8 Å². The lowest BCUT2D eigenvalue weighted by Crippen LogP contribution is -2.57. The van der Waals surface area contributed by atoms with Gasteiger partial charge in [-0.1, -0.05) is 44.2 Å². The lowest BCUT2D eigenvalue weighted by Gasteiger charge is -2.29. The van der Waals surface area contributed by atoms with Gasteiger partial charge in [-0.05, 0) is 51.5 Å². The minimum Gasteiger partial charge on any atom is -0.444 e. The molecule has 1 aliphatic rings. The van der Waals surface area contributed by atoms with Gasteiger partial charge in [0, 0.05) is 13.0 Å². The zero-order chi connectivity index (χ0) is 26.2. The Labute approximate surface area is 207 Å². The van der Waals surface area contributed by atoms with E-state index in [9.17, 15) is 19.2 Å². The summed E-state index contributed by atoms with van der Waals surface area (Å²) < 4.78 is 5.45. The van der Waals surface area contributed by atoms with Crippen LogP contribution in [0.2, 0.25) is 0 Å². The quantitative estimate of drug-likeness (QED) is 0.236. The summed E-state index contributed by atoms with van der Waals surface area (Å²) >= 11 is 0. The zero-order valence-corrected chi connectivity index (χ0v) is 21.3. The van der Waals surface area contributed by atoms with Gasteiger partial charge in [0.1, 0.15) is 23.7 Å². The van der Waals surface area contributed by atoms with Crippen LogP contribution >= 0.6 is 0 Å². The Morgan fingerprint density at radius 3 is 2.29 bits per heavy atom. The molecule has 0 aliphatic carbocycles. The number of nitrogens with one attached hydrogen (secondary N) is 3. The van der Waals surface area contributed by atoms with E-state index in [4.69, 9.17) is 10.6 Å². The molecule has 194 valence electrons. The summed E-state index contributed by atoms with van der Waals surface area (Å²) in [6.45, 7) is 9.55. The molecule has 0 aromatic heterocycles. The summed E-state index contributed by atoms with van der Waals surface area (Å²) in [7, 11) is 0. The van der Waals surface area contributed by atoms with Gasteiger partial charge in [0.05, 0.1) is 0 Å². The summed E-state index contributed by atoms with van der Waals surface area (Å²) in [5.41, 5.74) is 2.24. The van der Waals surface area contributed by atoms with Crippen LogP contribution in [0.1, 0.15) is 59.4 Å². The average molecular weight is 490 g/mol. The number of hydrogen-bond acceptors (Lipinski definition) is 6. The van der Waals surface area contributed by atoms with Gasteiger partial charge in [-0.2, -0.15) is 0 Å². The molecule has 35 heavy (non-hydrogen) atoms. The second-order valence-corrected chi connectivity index (χ2v) is 10.3. The van der Waals surface area contributed by atoms with Crippen LogP contribution in [0.3, 0.4) is 0 Å². The largest absolute Gasteiger partial charge is 0.444 e. The maximum Gasteiger partial charge on any atom is 0.410 e. The van der Waals surface area contributed by atoms with Crippen LogP contribution in [-0.4, -0.2) is 59.0 Å². The van der Waals surface area contributed by atoms with E-state index in [1.165, 1.54) is 4.90 Å². The van der Waals surface area contributed by atoms with Crippen LogP contribution in [-0.2, 0) is 25.5 Å². The van der Waals surface area contributed by atoms with Crippen molar-refractivity contribution in [2.45, 2.75) is 84.0 Å². The highest BCUT2D eigenvalue weighted by Gasteiger charge is 2.38. The number of ether oxygens (including phenoxy) is 1. The number of amides is 4. The van der Waals surface area contributed by atoms with Crippen LogP contribution in [0.15, 0.2) is 30.3 Å². The topological polar surface area (TPSA) is 143 Å². The number of nitrogens with two attached hydrogens (primary N) is 1. The average Bonchev–Trinajstić information content (AvgIpc) is 3.27. The van der Waals surface area contributed by atoms with Gasteiger partial charge in [-0.3, -0.25) is 24.7 Å². The predicted octanol–water partition coefficient (Wildman–Crippen LogP) is 1.63. The van der Waals surface area contributed by atoms with E-state index in [-0.39, 0.29) is 12.3 Å². The van der Waals surface area contributed by atoms with Crippen molar-refractivity contribution in [3.8, 4) is 0 Å². The van der Waals surface area contributed by atoms with Crippen molar-refractivity contribution in [1.82, 2.24) is 21.0 Å². The summed E-state index contributed by atoms with van der Waals surface area (Å²) in [6, 6.07) is 6.72. The Kier molecular flexibility index (Phi) is 10.1. The Morgan fingerprint density at radius 2 is 1.71 bits per heavy atom. The molecule has 10 heteroatoms. The minimum absolute atomic E-state index is 0.126. The second kappa shape index (κ2) is 12.5. The van der Waals surface area contributed by atoms with Crippen molar-refractivity contribution >= 4 is 23.8 Å². The molecule has 2 unspecified atom stereocenters. The molecule has 10 nitrogen and oxygen atoms in total. The molecular formula is C25H39N5O5. The fraction of sp³-hybridized carbons (Fsp3) is 0.600. The van der Waals surface area contributed by atoms with Gasteiger partial charge < -0.3 is 15.4 Å². The normalized spacial score (nSPS) is 17.5. The molecule has 0 bridgehead atoms. The second-order valence-electron chi connectivity index (χ2n) is 10.3. The first kappa shape index (κ1) is 28.1. The summed E-state index contributed by atoms with van der Waals surface area (Å²) in [4.78, 5) is 52.8. The number of hydrogen-bond donors (Lipinski definition) is 4. The van der Waals surface area contributed by atoms with Gasteiger partial charge in [0.25, 0.3) is 5.91 Å². The number of carbonyl (C=O) groups excluding carboxylic acids is 4. The number of carbonyl (C=O) groups is 4. The van der Waals surface area contributed by atoms with Crippen molar-refractivity contribution in [3.63, 3.8) is 0 Å². The molecule has 0 radical (unpaired) electrons. The zero-order valence-electron chi connectivity index (χ0n) is 21.3. The highest BCUT2D eigenvalue weighted by Crippen LogP contribution is 2.21. The lowest BCUT2D eigenvalue weighted by molar-refractivity contribution is -0.133. The summed E-state index contributed by atoms with van der Waals surface area (Å²) in [6.07, 6.45) is 1.17. The smallest absolute Gasteiger partial charge is 0.410 e. The molecule has 0 spiro atoms. The van der Waals surface area contributed by atoms with Crippen LogP contribution in [0.4, 0.5) is 4.79 Å². The molecule has 1 aliphatic heterocycles. The van der Waals surface area contributed by atoms with E-state index in [1.54, 1.807) is 20.8 Å². The first-order chi connectivity index (χ1) is 16.4. The maximum absolute atomic E-state index is 13.3. The molecule has 1 aromatic carbocycles. The van der Waals surface area contributed by atoms with E-state index in [0.717, 1.165) is 5.56 Å². The van der Waals surface area contributed by atoms with Gasteiger partial charge in [-0.15, -0.1) is 0 Å². The van der Waals surface area contributed by atoms with E-state index >= 15 is 0 Å². The molecule has 5 N–H and O–H groups in total. The van der Waals surface area contributed by atoms with Crippen LogP contribution < -0.4 is 21.9 Å². The minimum atomic E-state index is -0.953. The summed E-state index contributed by atoms with van der Waals surface area (Å²) in [5, 5.41) is 5.54. The SMILES string of the molecule is CC(C)CC(NC(=O)C(Cc1ccccc1)NC(=O)[C@@H]1CCCN1C(=O)OC(C)(C)C)C(=O)NN. The monoisotopic (exact) mass is 489 g/mol. The predicted molar refractivity (Wildman–Crippen MR) is 132 cm³/mol. The first-order valence-corrected chi connectivity index (χ1v) is 12.1. The molecule has 2 rings (SSSR count). The molecule has 1 fully saturated rings. The lowest BCUT2D eigenvalue weighted by atomic mass is 10.0. The molecule has 1 saturated heterocycles. The number of likely N-dealkylation sites (tertiary alicyclic amines) is 1. The number of rotatable bonds is 9. The van der Waals surface area contributed by atoms with Gasteiger partial charge in [0.15, 0.2) is 0 Å². The fourth-order valence-electron chi connectivity index (χ4n) is 3.98. The fourth-order valence-corrected chi connectivity index (χ4v) is 3.98. The standard InChI is InChI=1S/C25H39N5O5/c1-16(2)14-18(22(32)29-26)27-21(31)19(15-17-10-7-6-8-11-17)28-23(33)20-12-9-13-30(20)24(34)35-25(3,4)5/h6-8,10-11,16,18-20H,9,12-15,26H2,1-5H3,(H,27,31)(H,28,33)(H,29,32)/t18?,19?,20-/m0/s1. The number of benzene rings is 1. The van der Waals surface area contributed by atoms with Gasteiger partial charge in [-0.25, -0.2) is 10.6 Å². The highest BCUT2D eigenvalue weighted by molar-refractivity contribution is 5.94. The van der Waals surface area contributed by atoms with Crippen molar-refractivity contribution in [2.24, 2.45) is 11.8 Å². The van der Waals surface area contributed by atoms with Crippen molar-refractivity contribution in [2.75, 3.05) is 6.54 Å². The third kappa shape index (κ3) is 8.86. The highest BCUT2D eigenvalue weighted by atomic mass is 16.6. The van der Waals surface area contributed by atoms with Gasteiger partial charge >= 0.3 is 6.09 Å². The van der Waals surface area contributed by atoms with Gasteiger partial charge in [0.2, 0.25) is 11.8 Å². The first-order valence-electron chi connectivity index (χ1n) is 12.1. The Balaban J connectivity index is 2.20. The van der Waals surface area contributed by atoms with E-state index in [2.05, 4.69) is 16.1 Å². The molecule has 1 aromatic rings. The molecule has 0 saturated carbocycles. The maximum atomic E-state index is 13.3. The van der Waals surface area contributed by atoms with E-state index < -0.39 is 47.5 Å². The molecule has 4 amide bonds. The van der Waals surface area contributed by atoms with E-state index in [1.807, 2.05) is 44.2 Å². The Bertz CT molecular complexity index is 884. The molecule has 3 atom stereocenters. The Hall–Kier alpha value is -3.14. The van der Waals surface area contributed by atoms with Crippen molar-refractivity contribution in [3.05, 3.63) is 35.9 Å². The summed E-state index contributed by atoms with van der Waals surface area (Å²) in [5.74, 6) is 3.98. The molecular weight excluding hydrogens is 450 g/mol. The third-order valence-electron chi connectivity index (χ3n) is 5.58. The van der Waals surface area contributed by atoms with Crippen LogP contribution in [0.5, 0.6) is 0 Å². The third-order valence-corrected chi connectivity index (χ3v) is 5.58. The Morgan fingerprint density at radius 1 is 1.06 bits per heavy atom. The van der Waals surface area contributed by atoms with Crippen molar-refractivity contribution < 1.29 is 23.9 Å². The number of nitrogens with zero attached hydrogens (tertiary/aromatic N) is 1. The van der Waals surface area contributed by atoms with Crippen LogP contribution in [0, 0.1) is 5.92 Å². The van der Waals surface area contributed by atoms with Crippen LogP contribution in [0.25, 0.3) is 0 Å². The number of hydrazine groups is 1. The van der Waals surface area contributed by atoms with Crippen molar-refractivity contribution in [1.29, 1.82) is 0 Å². The molecule has 1 heterocycles.